The van der Waals surface area contributed by atoms with Gasteiger partial charge in [-0.2, -0.15) is 18.4 Å². The predicted molar refractivity (Wildman–Crippen MR) is 182 cm³/mol. The van der Waals surface area contributed by atoms with Gasteiger partial charge in [-0.1, -0.05) is 60.7 Å². The lowest BCUT2D eigenvalue weighted by Gasteiger charge is -2.40. The van der Waals surface area contributed by atoms with Crippen LogP contribution in [0.25, 0.3) is 11.1 Å². The number of piperidine rings is 1. The standard InChI is InChI=1S/C37H35F3N4O5S/c1-50(48,49)42-24-26-8-6-12-29(20-26)28-11-5-7-25(19-28)22-36(47,31-15-17-44(18-16-31)34(45)27-9-3-2-4-10-27)35(46)43-32-14-13-30(23-41)33(21-32)37(38,39)40/h2-14,19-21,31,42,47H,15-18,22,24H2,1H3,(H,43,46). The second kappa shape index (κ2) is 14.8. The maximum Gasteiger partial charge on any atom is 0.417 e. The average Bonchev–Trinajstić information content (AvgIpc) is 3.10. The molecule has 1 saturated heterocycles. The maximum atomic E-state index is 14.0. The van der Waals surface area contributed by atoms with Gasteiger partial charge < -0.3 is 15.3 Å². The lowest BCUT2D eigenvalue weighted by atomic mass is 9.75. The van der Waals surface area contributed by atoms with Crippen LogP contribution in [-0.4, -0.2) is 55.2 Å². The number of halogens is 3. The lowest BCUT2D eigenvalue weighted by molar-refractivity contribution is -0.142. The Bertz CT molecular complexity index is 2020. The molecule has 0 aliphatic carbocycles. The largest absolute Gasteiger partial charge is 0.417 e. The Labute approximate surface area is 288 Å². The van der Waals surface area contributed by atoms with Crippen LogP contribution in [0.1, 0.15) is 45.5 Å². The number of hydrogen-bond acceptors (Lipinski definition) is 6. The van der Waals surface area contributed by atoms with E-state index in [0.29, 0.717) is 22.8 Å². The fourth-order valence-corrected chi connectivity index (χ4v) is 6.60. The van der Waals surface area contributed by atoms with Crippen LogP contribution in [-0.2, 0) is 34.0 Å². The minimum atomic E-state index is -4.85. The molecule has 5 rings (SSSR count). The van der Waals surface area contributed by atoms with Gasteiger partial charge in [-0.25, -0.2) is 13.1 Å². The number of benzene rings is 4. The summed E-state index contributed by atoms with van der Waals surface area (Å²) < 4.78 is 66.8. The monoisotopic (exact) mass is 704 g/mol. The molecule has 4 aromatic rings. The number of likely N-dealkylation sites (tertiary alicyclic amines) is 1. The van der Waals surface area contributed by atoms with Crippen molar-refractivity contribution in [2.24, 2.45) is 5.92 Å². The summed E-state index contributed by atoms with van der Waals surface area (Å²) in [7, 11) is -3.41. The number of carbonyl (C=O) groups excluding carboxylic acids is 2. The molecule has 4 aromatic carbocycles. The number of hydrogen-bond donors (Lipinski definition) is 3. The van der Waals surface area contributed by atoms with Crippen LogP contribution in [0.3, 0.4) is 0 Å². The smallest absolute Gasteiger partial charge is 0.379 e. The SMILES string of the molecule is CS(=O)(=O)NCc1cccc(-c2cccc(CC(O)(C(=O)Nc3ccc(C#N)c(C(F)(F)F)c3)C3CCN(C(=O)c4ccccc4)CC3)c2)c1. The summed E-state index contributed by atoms with van der Waals surface area (Å²) in [5.41, 5.74) is -0.865. The number of nitrogens with one attached hydrogen (secondary N) is 2. The van der Waals surface area contributed by atoms with Crippen LogP contribution in [0, 0.1) is 17.2 Å². The minimum Gasteiger partial charge on any atom is -0.379 e. The van der Waals surface area contributed by atoms with Crippen molar-refractivity contribution in [3.8, 4) is 17.2 Å². The van der Waals surface area contributed by atoms with Crippen LogP contribution in [0.5, 0.6) is 0 Å². The van der Waals surface area contributed by atoms with Gasteiger partial charge in [0, 0.05) is 43.2 Å². The van der Waals surface area contributed by atoms with Gasteiger partial charge in [-0.15, -0.1) is 0 Å². The topological polar surface area (TPSA) is 140 Å². The van der Waals surface area contributed by atoms with Gasteiger partial charge in [-0.05, 0) is 71.5 Å². The molecular weight excluding hydrogens is 669 g/mol. The Balaban J connectivity index is 1.43. The molecule has 1 heterocycles. The van der Waals surface area contributed by atoms with Crippen LogP contribution in [0.2, 0.25) is 0 Å². The van der Waals surface area contributed by atoms with Gasteiger partial charge in [0.25, 0.3) is 11.8 Å². The number of nitriles is 1. The molecular formula is C37H35F3N4O5S. The molecule has 1 atom stereocenters. The summed E-state index contributed by atoms with van der Waals surface area (Å²) in [4.78, 5) is 28.8. The molecule has 9 nitrogen and oxygen atoms in total. The quantitative estimate of drug-likeness (QED) is 0.192. The van der Waals surface area contributed by atoms with E-state index in [1.807, 2.05) is 18.2 Å². The first-order valence-corrected chi connectivity index (χ1v) is 17.7. The first-order chi connectivity index (χ1) is 23.7. The van der Waals surface area contributed by atoms with Crippen LogP contribution >= 0.6 is 0 Å². The van der Waals surface area contributed by atoms with E-state index in [9.17, 15) is 41.5 Å². The highest BCUT2D eigenvalue weighted by Gasteiger charge is 2.46. The highest BCUT2D eigenvalue weighted by molar-refractivity contribution is 7.88. The third-order valence-electron chi connectivity index (χ3n) is 8.77. The normalized spacial score (nSPS) is 15.2. The lowest BCUT2D eigenvalue weighted by Crippen LogP contribution is -2.54. The molecule has 1 fully saturated rings. The van der Waals surface area contributed by atoms with Crippen molar-refractivity contribution in [2.45, 2.75) is 37.6 Å². The third-order valence-corrected chi connectivity index (χ3v) is 9.44. The number of nitrogens with zero attached hydrogens (tertiary/aromatic N) is 2. The van der Waals surface area contributed by atoms with Crippen LogP contribution in [0.4, 0.5) is 18.9 Å². The Morgan fingerprint density at radius 1 is 0.900 bits per heavy atom. The Kier molecular flexibility index (Phi) is 10.8. The van der Waals surface area contributed by atoms with Gasteiger partial charge in [0.2, 0.25) is 10.0 Å². The van der Waals surface area contributed by atoms with E-state index >= 15 is 0 Å². The summed E-state index contributed by atoms with van der Waals surface area (Å²) in [6, 6.07) is 27.4. The van der Waals surface area contributed by atoms with E-state index in [-0.39, 0.29) is 50.5 Å². The zero-order valence-corrected chi connectivity index (χ0v) is 27.9. The molecule has 3 N–H and O–H groups in total. The zero-order chi connectivity index (χ0) is 36.1. The van der Waals surface area contributed by atoms with Crippen molar-refractivity contribution in [3.63, 3.8) is 0 Å². The van der Waals surface area contributed by atoms with Crippen molar-refractivity contribution in [3.05, 3.63) is 125 Å². The van der Waals surface area contributed by atoms with E-state index in [0.717, 1.165) is 23.4 Å². The average molecular weight is 705 g/mol. The van der Waals surface area contributed by atoms with E-state index in [4.69, 9.17) is 0 Å². The van der Waals surface area contributed by atoms with Gasteiger partial charge >= 0.3 is 6.18 Å². The summed E-state index contributed by atoms with van der Waals surface area (Å²) in [5, 5.41) is 24.0. The number of anilines is 1. The number of aliphatic hydroxyl groups is 1. The highest BCUT2D eigenvalue weighted by Crippen LogP contribution is 2.36. The fraction of sp³-hybridized carbons (Fsp3) is 0.270. The van der Waals surface area contributed by atoms with E-state index in [1.54, 1.807) is 65.6 Å². The summed E-state index contributed by atoms with van der Waals surface area (Å²) in [5.74, 6) is -1.77. The predicted octanol–water partition coefficient (Wildman–Crippen LogP) is 5.76. The Morgan fingerprint density at radius 2 is 1.52 bits per heavy atom. The van der Waals surface area contributed by atoms with Crippen molar-refractivity contribution in [1.82, 2.24) is 9.62 Å². The second-order valence-corrected chi connectivity index (χ2v) is 14.2. The highest BCUT2D eigenvalue weighted by atomic mass is 32.2. The van der Waals surface area contributed by atoms with Gasteiger partial charge in [0.1, 0.15) is 5.60 Å². The van der Waals surface area contributed by atoms with Gasteiger partial charge in [-0.3, -0.25) is 9.59 Å². The third kappa shape index (κ3) is 8.76. The van der Waals surface area contributed by atoms with Crippen molar-refractivity contribution in [2.75, 3.05) is 24.7 Å². The molecule has 2 amide bonds. The first-order valence-electron chi connectivity index (χ1n) is 15.8. The molecule has 1 unspecified atom stereocenters. The zero-order valence-electron chi connectivity index (χ0n) is 27.1. The van der Waals surface area contributed by atoms with E-state index in [1.165, 1.54) is 12.1 Å². The molecule has 0 bridgehead atoms. The van der Waals surface area contributed by atoms with Crippen molar-refractivity contribution in [1.29, 1.82) is 5.26 Å². The van der Waals surface area contributed by atoms with E-state index in [2.05, 4.69) is 10.0 Å². The number of rotatable bonds is 10. The molecule has 0 saturated carbocycles. The van der Waals surface area contributed by atoms with Gasteiger partial charge in [0.15, 0.2) is 0 Å². The Hall–Kier alpha value is -5.03. The summed E-state index contributed by atoms with van der Waals surface area (Å²) in [6.45, 7) is 0.581. The molecule has 1 aliphatic heterocycles. The number of amides is 2. The molecule has 260 valence electrons. The molecule has 50 heavy (non-hydrogen) atoms. The fourth-order valence-electron chi connectivity index (χ4n) is 6.17. The summed E-state index contributed by atoms with van der Waals surface area (Å²) >= 11 is 0. The number of carbonyl (C=O) groups is 2. The van der Waals surface area contributed by atoms with E-state index < -0.39 is 44.8 Å². The van der Waals surface area contributed by atoms with Gasteiger partial charge in [0.05, 0.1) is 23.5 Å². The molecule has 0 aromatic heterocycles. The maximum absolute atomic E-state index is 14.0. The molecule has 0 spiro atoms. The molecule has 13 heteroatoms. The van der Waals surface area contributed by atoms with Crippen molar-refractivity contribution >= 4 is 27.5 Å². The van der Waals surface area contributed by atoms with Crippen LogP contribution in [0.15, 0.2) is 97.1 Å². The van der Waals surface area contributed by atoms with Crippen molar-refractivity contribution < 1.29 is 36.3 Å². The summed E-state index contributed by atoms with van der Waals surface area (Å²) in [6.07, 6.45) is -3.47. The Morgan fingerprint density at radius 3 is 2.12 bits per heavy atom. The first kappa shape index (κ1) is 36.3. The number of alkyl halides is 3. The van der Waals surface area contributed by atoms with Crippen LogP contribution < -0.4 is 10.0 Å². The molecule has 1 aliphatic rings. The number of sulfonamides is 1. The minimum absolute atomic E-state index is 0.0865. The second-order valence-electron chi connectivity index (χ2n) is 12.4. The molecule has 0 radical (unpaired) electrons.